The quantitative estimate of drug-likeness (QED) is 0.647. The van der Waals surface area contributed by atoms with Gasteiger partial charge in [-0.05, 0) is 55.7 Å². The van der Waals surface area contributed by atoms with Gasteiger partial charge in [0.15, 0.2) is 12.8 Å². The molecule has 0 amide bonds. The first-order valence-electron chi connectivity index (χ1n) is 10.2. The van der Waals surface area contributed by atoms with E-state index >= 15 is 0 Å². The summed E-state index contributed by atoms with van der Waals surface area (Å²) in [6.07, 6.45) is 7.40. The first-order chi connectivity index (χ1) is 13.2. The summed E-state index contributed by atoms with van der Waals surface area (Å²) < 4.78 is 24.8. The second kappa shape index (κ2) is 8.05. The van der Waals surface area contributed by atoms with Crippen molar-refractivity contribution in [3.63, 3.8) is 0 Å². The highest BCUT2D eigenvalue weighted by Gasteiger charge is 2.41. The molecule has 0 aromatic heterocycles. The van der Waals surface area contributed by atoms with E-state index in [0.29, 0.717) is 25.0 Å². The van der Waals surface area contributed by atoms with E-state index in [9.17, 15) is 4.39 Å². The van der Waals surface area contributed by atoms with Crippen LogP contribution in [0.2, 0.25) is 0 Å². The molecule has 1 aromatic carbocycles. The number of benzene rings is 1. The molecule has 0 unspecified atom stereocenters. The van der Waals surface area contributed by atoms with Crippen molar-refractivity contribution in [3.8, 4) is 5.75 Å². The largest absolute Gasteiger partial charge is 0.467 e. The lowest BCUT2D eigenvalue weighted by Crippen LogP contribution is -2.41. The van der Waals surface area contributed by atoms with E-state index in [1.807, 2.05) is 0 Å². The van der Waals surface area contributed by atoms with Gasteiger partial charge in [0, 0.05) is 31.7 Å². The van der Waals surface area contributed by atoms with Crippen molar-refractivity contribution in [2.75, 3.05) is 33.0 Å². The van der Waals surface area contributed by atoms with Gasteiger partial charge in [-0.15, -0.1) is 0 Å². The van der Waals surface area contributed by atoms with Gasteiger partial charge in [-0.1, -0.05) is 12.8 Å². The Morgan fingerprint density at radius 3 is 2.96 bits per heavy atom. The minimum Gasteiger partial charge on any atom is -0.467 e. The minimum atomic E-state index is -0.239. The van der Waals surface area contributed by atoms with Crippen molar-refractivity contribution in [1.29, 1.82) is 0 Å². The molecule has 1 aliphatic carbocycles. The van der Waals surface area contributed by atoms with E-state index < -0.39 is 0 Å². The van der Waals surface area contributed by atoms with Gasteiger partial charge in [0.05, 0.1) is 6.61 Å². The molecular formula is C21H30FN3O2. The maximum absolute atomic E-state index is 13.9. The summed E-state index contributed by atoms with van der Waals surface area (Å²) in [5.41, 5.74) is 2.18. The normalized spacial score (nSPS) is 21.4. The summed E-state index contributed by atoms with van der Waals surface area (Å²) in [7, 11) is 0. The van der Waals surface area contributed by atoms with Gasteiger partial charge in [0.2, 0.25) is 0 Å². The molecule has 1 aromatic rings. The summed E-state index contributed by atoms with van der Waals surface area (Å²) in [6.45, 7) is 6.42. The Bertz CT molecular complexity index is 701. The highest BCUT2D eigenvalue weighted by Crippen LogP contribution is 2.45. The van der Waals surface area contributed by atoms with Gasteiger partial charge >= 0.3 is 0 Å². The second-order valence-electron chi connectivity index (χ2n) is 8.03. The van der Waals surface area contributed by atoms with Crippen LogP contribution in [0.5, 0.6) is 5.75 Å². The SMILES string of the molecule is CCNC(=NCCc1cc(F)cc2c1OCOC2)N1CCC2(CCCC2)C1. The van der Waals surface area contributed by atoms with E-state index in [2.05, 4.69) is 17.1 Å². The molecule has 1 saturated heterocycles. The van der Waals surface area contributed by atoms with Gasteiger partial charge in [-0.3, -0.25) is 4.99 Å². The predicted octanol–water partition coefficient (Wildman–Crippen LogP) is 3.47. The van der Waals surface area contributed by atoms with Crippen LogP contribution in [0.1, 0.15) is 50.2 Å². The van der Waals surface area contributed by atoms with Crippen LogP contribution in [0.3, 0.4) is 0 Å². The summed E-state index contributed by atoms with van der Waals surface area (Å²) in [6, 6.07) is 3.06. The second-order valence-corrected chi connectivity index (χ2v) is 8.03. The average molecular weight is 375 g/mol. The highest BCUT2D eigenvalue weighted by atomic mass is 19.1. The summed E-state index contributed by atoms with van der Waals surface area (Å²) >= 11 is 0. The van der Waals surface area contributed by atoms with Crippen LogP contribution in [0.25, 0.3) is 0 Å². The van der Waals surface area contributed by atoms with Gasteiger partial charge < -0.3 is 19.7 Å². The summed E-state index contributed by atoms with van der Waals surface area (Å²) in [4.78, 5) is 7.26. The number of nitrogens with zero attached hydrogens (tertiary/aromatic N) is 2. The van der Waals surface area contributed by atoms with Gasteiger partial charge in [0.1, 0.15) is 11.6 Å². The van der Waals surface area contributed by atoms with Crippen LogP contribution in [0.15, 0.2) is 17.1 Å². The van der Waals surface area contributed by atoms with Crippen molar-refractivity contribution < 1.29 is 13.9 Å². The van der Waals surface area contributed by atoms with Crippen molar-refractivity contribution in [1.82, 2.24) is 10.2 Å². The van der Waals surface area contributed by atoms with E-state index in [-0.39, 0.29) is 12.6 Å². The standard InChI is InChI=1S/C21H30FN3O2/c1-2-23-20(25-10-8-21(14-25)6-3-4-7-21)24-9-5-16-11-18(22)12-17-13-26-15-27-19(16)17/h11-12H,2-10,13-15H2,1H3,(H,23,24). The number of rotatable bonds is 4. The number of nitrogens with one attached hydrogen (secondary N) is 1. The lowest BCUT2D eigenvalue weighted by atomic mass is 9.86. The fourth-order valence-electron chi connectivity index (χ4n) is 4.80. The smallest absolute Gasteiger partial charge is 0.193 e. The molecule has 0 bridgehead atoms. The lowest BCUT2D eigenvalue weighted by Gasteiger charge is -2.26. The Morgan fingerprint density at radius 1 is 1.30 bits per heavy atom. The average Bonchev–Trinajstić information content (AvgIpc) is 3.31. The minimum absolute atomic E-state index is 0.230. The Hall–Kier alpha value is -1.82. The predicted molar refractivity (Wildman–Crippen MR) is 103 cm³/mol. The molecule has 0 radical (unpaired) electrons. The third-order valence-electron chi connectivity index (χ3n) is 6.13. The van der Waals surface area contributed by atoms with Crippen molar-refractivity contribution in [2.24, 2.45) is 10.4 Å². The molecule has 2 heterocycles. The number of hydrogen-bond acceptors (Lipinski definition) is 3. The Kier molecular flexibility index (Phi) is 5.53. The zero-order valence-corrected chi connectivity index (χ0v) is 16.2. The molecule has 148 valence electrons. The molecule has 2 aliphatic heterocycles. The summed E-state index contributed by atoms with van der Waals surface area (Å²) in [5, 5.41) is 3.44. The molecule has 1 spiro atoms. The fourth-order valence-corrected chi connectivity index (χ4v) is 4.80. The van der Waals surface area contributed by atoms with E-state index in [1.165, 1.54) is 38.2 Å². The van der Waals surface area contributed by atoms with Gasteiger partial charge in [0.25, 0.3) is 0 Å². The van der Waals surface area contributed by atoms with Gasteiger partial charge in [-0.25, -0.2) is 4.39 Å². The van der Waals surface area contributed by atoms with E-state index in [0.717, 1.165) is 42.5 Å². The molecule has 5 nitrogen and oxygen atoms in total. The molecule has 1 saturated carbocycles. The number of hydrogen-bond donors (Lipinski definition) is 1. The Labute approximate surface area is 160 Å². The van der Waals surface area contributed by atoms with Crippen LogP contribution in [0.4, 0.5) is 4.39 Å². The topological polar surface area (TPSA) is 46.1 Å². The van der Waals surface area contributed by atoms with E-state index in [1.54, 1.807) is 6.07 Å². The molecule has 27 heavy (non-hydrogen) atoms. The molecule has 0 atom stereocenters. The van der Waals surface area contributed by atoms with E-state index in [4.69, 9.17) is 14.5 Å². The van der Waals surface area contributed by atoms with Crippen LogP contribution in [-0.4, -0.2) is 43.8 Å². The first kappa shape index (κ1) is 18.5. The third kappa shape index (κ3) is 4.05. The fraction of sp³-hybridized carbons (Fsp3) is 0.667. The van der Waals surface area contributed by atoms with Crippen LogP contribution >= 0.6 is 0 Å². The third-order valence-corrected chi connectivity index (χ3v) is 6.13. The number of aliphatic imine (C=N–C) groups is 1. The highest BCUT2D eigenvalue weighted by molar-refractivity contribution is 5.80. The number of guanidine groups is 1. The Morgan fingerprint density at radius 2 is 2.15 bits per heavy atom. The zero-order chi connectivity index (χ0) is 18.7. The maximum atomic E-state index is 13.9. The van der Waals surface area contributed by atoms with Crippen LogP contribution in [0, 0.1) is 11.2 Å². The molecule has 1 N–H and O–H groups in total. The van der Waals surface area contributed by atoms with Gasteiger partial charge in [-0.2, -0.15) is 0 Å². The molecule has 2 fully saturated rings. The maximum Gasteiger partial charge on any atom is 0.193 e. The number of ether oxygens (including phenoxy) is 2. The Balaban J connectivity index is 1.43. The molecule has 3 aliphatic rings. The lowest BCUT2D eigenvalue weighted by molar-refractivity contribution is -0.0172. The molecule has 6 heteroatoms. The molecule has 4 rings (SSSR count). The van der Waals surface area contributed by atoms with Crippen LogP contribution in [-0.2, 0) is 17.8 Å². The van der Waals surface area contributed by atoms with Crippen molar-refractivity contribution in [2.45, 2.75) is 52.1 Å². The molecular weight excluding hydrogens is 345 g/mol. The number of likely N-dealkylation sites (tertiary alicyclic amines) is 1. The van der Waals surface area contributed by atoms with Crippen molar-refractivity contribution >= 4 is 5.96 Å². The van der Waals surface area contributed by atoms with Crippen LogP contribution < -0.4 is 10.1 Å². The monoisotopic (exact) mass is 375 g/mol. The summed E-state index contributed by atoms with van der Waals surface area (Å²) in [5.74, 6) is 1.53. The number of fused-ring (bicyclic) bond motifs is 1. The zero-order valence-electron chi connectivity index (χ0n) is 16.2. The number of halogens is 1. The first-order valence-corrected chi connectivity index (χ1v) is 10.2. The van der Waals surface area contributed by atoms with Crippen molar-refractivity contribution in [3.05, 3.63) is 29.1 Å².